The molecule has 1 amide bonds. The Labute approximate surface area is 121 Å². The molecule has 0 bridgehead atoms. The number of nitrogens with zero attached hydrogens (tertiary/aromatic N) is 1. The number of carbonyl (C=O) groups is 1. The van der Waals surface area contributed by atoms with Gasteiger partial charge in [-0.25, -0.2) is 0 Å². The van der Waals surface area contributed by atoms with Crippen LogP contribution in [0.2, 0.25) is 0 Å². The fourth-order valence-corrected chi connectivity index (χ4v) is 2.19. The molecular weight excluding hydrogens is 293 g/mol. The van der Waals surface area contributed by atoms with Gasteiger partial charge in [-0.05, 0) is 31.7 Å². The van der Waals surface area contributed by atoms with Crippen molar-refractivity contribution in [3.8, 4) is 0 Å². The highest BCUT2D eigenvalue weighted by Gasteiger charge is 2.32. The topological polar surface area (TPSA) is 32.3 Å². The first-order valence-corrected chi connectivity index (χ1v) is 6.05. The minimum atomic E-state index is -4.42. The minimum Gasteiger partial charge on any atom is -0.337 e. The molecule has 1 atom stereocenters. The molecule has 1 aromatic carbocycles. The summed E-state index contributed by atoms with van der Waals surface area (Å²) in [4.78, 5) is 13.7. The molecule has 2 rings (SSSR count). The smallest absolute Gasteiger partial charge is 0.337 e. The van der Waals surface area contributed by atoms with Gasteiger partial charge in [0.1, 0.15) is 0 Å². The lowest BCUT2D eigenvalue weighted by atomic mass is 10.1. The van der Waals surface area contributed by atoms with E-state index in [1.54, 1.807) is 4.90 Å². The normalized spacial score (nSPS) is 18.8. The van der Waals surface area contributed by atoms with Crippen LogP contribution in [-0.4, -0.2) is 37.0 Å². The Kier molecular flexibility index (Phi) is 5.42. The standard InChI is InChI=1S/C13H15F3N2O.ClH/c1-17-11-5-6-18(8-11)12(19)9-3-2-4-10(7-9)13(14,15)16;/h2-4,7,11,17H,5-6,8H2,1H3;1H/t11-;/m1./s1. The minimum absolute atomic E-state index is 0. The molecule has 1 heterocycles. The molecule has 0 spiro atoms. The van der Waals surface area contributed by atoms with Crippen molar-refractivity contribution in [3.05, 3.63) is 35.4 Å². The van der Waals surface area contributed by atoms with Gasteiger partial charge in [-0.3, -0.25) is 4.79 Å². The van der Waals surface area contributed by atoms with Crippen LogP contribution in [0.4, 0.5) is 13.2 Å². The van der Waals surface area contributed by atoms with Gasteiger partial charge in [0.25, 0.3) is 5.91 Å². The molecule has 1 saturated heterocycles. The number of benzene rings is 1. The van der Waals surface area contributed by atoms with Crippen molar-refractivity contribution < 1.29 is 18.0 Å². The molecule has 0 unspecified atom stereocenters. The number of nitrogens with one attached hydrogen (secondary N) is 1. The van der Waals surface area contributed by atoms with Crippen molar-refractivity contribution in [2.45, 2.75) is 18.6 Å². The number of amides is 1. The lowest BCUT2D eigenvalue weighted by molar-refractivity contribution is -0.137. The molecule has 7 heteroatoms. The van der Waals surface area contributed by atoms with Crippen molar-refractivity contribution in [3.63, 3.8) is 0 Å². The number of alkyl halides is 3. The Bertz CT molecular complexity index is 479. The Hall–Kier alpha value is -1.27. The highest BCUT2D eigenvalue weighted by Crippen LogP contribution is 2.30. The first-order chi connectivity index (χ1) is 8.91. The summed E-state index contributed by atoms with van der Waals surface area (Å²) in [5.41, 5.74) is -0.700. The Morgan fingerprint density at radius 3 is 2.65 bits per heavy atom. The highest BCUT2D eigenvalue weighted by atomic mass is 35.5. The Balaban J connectivity index is 0.00000200. The third-order valence-electron chi connectivity index (χ3n) is 3.32. The van der Waals surface area contributed by atoms with E-state index in [2.05, 4.69) is 5.32 Å². The summed E-state index contributed by atoms with van der Waals surface area (Å²) >= 11 is 0. The molecule has 112 valence electrons. The predicted octanol–water partition coefficient (Wildman–Crippen LogP) is 2.56. The van der Waals surface area contributed by atoms with E-state index in [4.69, 9.17) is 0 Å². The third-order valence-corrected chi connectivity index (χ3v) is 3.32. The van der Waals surface area contributed by atoms with Crippen molar-refractivity contribution >= 4 is 18.3 Å². The van der Waals surface area contributed by atoms with E-state index in [9.17, 15) is 18.0 Å². The maximum Gasteiger partial charge on any atom is 0.416 e. The molecule has 1 fully saturated rings. The maximum absolute atomic E-state index is 12.6. The van der Waals surface area contributed by atoms with Crippen LogP contribution in [0.1, 0.15) is 22.3 Å². The van der Waals surface area contributed by atoms with E-state index in [0.29, 0.717) is 13.1 Å². The fourth-order valence-electron chi connectivity index (χ4n) is 2.19. The van der Waals surface area contributed by atoms with Crippen LogP contribution in [0.15, 0.2) is 24.3 Å². The zero-order chi connectivity index (χ0) is 14.0. The molecule has 1 N–H and O–H groups in total. The quantitative estimate of drug-likeness (QED) is 0.911. The SMILES string of the molecule is CN[C@@H]1CCN(C(=O)c2cccc(C(F)(F)F)c2)C1.Cl. The molecule has 0 saturated carbocycles. The van der Waals surface area contributed by atoms with Gasteiger partial charge in [-0.15, -0.1) is 12.4 Å². The summed E-state index contributed by atoms with van der Waals surface area (Å²) in [5.74, 6) is -0.344. The summed E-state index contributed by atoms with van der Waals surface area (Å²) in [6, 6.07) is 4.78. The van der Waals surface area contributed by atoms with E-state index in [1.165, 1.54) is 12.1 Å². The second-order valence-electron chi connectivity index (χ2n) is 4.60. The lowest BCUT2D eigenvalue weighted by Crippen LogP contribution is -2.33. The van der Waals surface area contributed by atoms with Gasteiger partial charge in [0.15, 0.2) is 0 Å². The van der Waals surface area contributed by atoms with Gasteiger partial charge in [-0.1, -0.05) is 6.07 Å². The van der Waals surface area contributed by atoms with Crippen LogP contribution in [-0.2, 0) is 6.18 Å². The molecule has 1 aliphatic heterocycles. The van der Waals surface area contributed by atoms with Gasteiger partial charge >= 0.3 is 6.18 Å². The van der Waals surface area contributed by atoms with E-state index in [1.807, 2.05) is 7.05 Å². The summed E-state index contributed by atoms with van der Waals surface area (Å²) < 4.78 is 37.8. The number of halogens is 4. The summed E-state index contributed by atoms with van der Waals surface area (Å²) in [7, 11) is 1.81. The predicted molar refractivity (Wildman–Crippen MR) is 72.1 cm³/mol. The van der Waals surface area contributed by atoms with Crippen LogP contribution < -0.4 is 5.32 Å². The van der Waals surface area contributed by atoms with Crippen molar-refractivity contribution in [1.29, 1.82) is 0 Å². The Morgan fingerprint density at radius 2 is 2.10 bits per heavy atom. The molecule has 0 aromatic heterocycles. The first-order valence-electron chi connectivity index (χ1n) is 6.05. The van der Waals surface area contributed by atoms with Crippen LogP contribution >= 0.6 is 12.4 Å². The number of hydrogen-bond acceptors (Lipinski definition) is 2. The summed E-state index contributed by atoms with van der Waals surface area (Å²) in [5, 5.41) is 3.06. The lowest BCUT2D eigenvalue weighted by Gasteiger charge is -2.17. The zero-order valence-corrected chi connectivity index (χ0v) is 11.7. The monoisotopic (exact) mass is 308 g/mol. The van der Waals surface area contributed by atoms with Crippen molar-refractivity contribution in [2.75, 3.05) is 20.1 Å². The largest absolute Gasteiger partial charge is 0.416 e. The number of likely N-dealkylation sites (N-methyl/N-ethyl adjacent to an activating group) is 1. The molecular formula is C13H16ClF3N2O. The molecule has 20 heavy (non-hydrogen) atoms. The second-order valence-corrected chi connectivity index (χ2v) is 4.60. The van der Waals surface area contributed by atoms with E-state index in [0.717, 1.165) is 18.6 Å². The molecule has 3 nitrogen and oxygen atoms in total. The van der Waals surface area contributed by atoms with Gasteiger partial charge in [0, 0.05) is 24.7 Å². The summed E-state index contributed by atoms with van der Waals surface area (Å²) in [6.45, 7) is 1.10. The van der Waals surface area contributed by atoms with Crippen molar-refractivity contribution in [1.82, 2.24) is 10.2 Å². The van der Waals surface area contributed by atoms with Crippen LogP contribution in [0.5, 0.6) is 0 Å². The number of carbonyl (C=O) groups excluding carboxylic acids is 1. The van der Waals surface area contributed by atoms with Crippen LogP contribution in [0.3, 0.4) is 0 Å². The van der Waals surface area contributed by atoms with Gasteiger partial charge in [-0.2, -0.15) is 13.2 Å². The van der Waals surface area contributed by atoms with Crippen LogP contribution in [0, 0.1) is 0 Å². The zero-order valence-electron chi connectivity index (χ0n) is 10.9. The summed E-state index contributed by atoms with van der Waals surface area (Å²) in [6.07, 6.45) is -3.60. The molecule has 0 aliphatic carbocycles. The highest BCUT2D eigenvalue weighted by molar-refractivity contribution is 5.94. The van der Waals surface area contributed by atoms with Gasteiger partial charge in [0.05, 0.1) is 5.56 Å². The van der Waals surface area contributed by atoms with E-state index >= 15 is 0 Å². The van der Waals surface area contributed by atoms with Crippen LogP contribution in [0.25, 0.3) is 0 Å². The fraction of sp³-hybridized carbons (Fsp3) is 0.462. The average molecular weight is 309 g/mol. The number of rotatable bonds is 2. The number of hydrogen-bond donors (Lipinski definition) is 1. The third kappa shape index (κ3) is 3.64. The van der Waals surface area contributed by atoms with Crippen molar-refractivity contribution in [2.24, 2.45) is 0 Å². The Morgan fingerprint density at radius 1 is 1.40 bits per heavy atom. The van der Waals surface area contributed by atoms with E-state index < -0.39 is 11.7 Å². The maximum atomic E-state index is 12.6. The van der Waals surface area contributed by atoms with E-state index in [-0.39, 0.29) is 29.9 Å². The average Bonchev–Trinajstić information content (AvgIpc) is 2.86. The molecule has 0 radical (unpaired) electrons. The first kappa shape index (κ1) is 16.8. The van der Waals surface area contributed by atoms with Gasteiger partial charge in [0.2, 0.25) is 0 Å². The molecule has 1 aliphatic rings. The number of likely N-dealkylation sites (tertiary alicyclic amines) is 1. The second kappa shape index (κ2) is 6.45. The van der Waals surface area contributed by atoms with Gasteiger partial charge < -0.3 is 10.2 Å². The molecule has 1 aromatic rings.